The van der Waals surface area contributed by atoms with Gasteiger partial charge in [-0.2, -0.15) is 0 Å². The first-order valence-corrected chi connectivity index (χ1v) is 17.4. The fraction of sp³-hybridized carbons (Fsp3) is 0. The summed E-state index contributed by atoms with van der Waals surface area (Å²) in [6.07, 6.45) is 0. The number of hydrogen-bond donors (Lipinski definition) is 0. The fourth-order valence-electron chi connectivity index (χ4n) is 6.73. The van der Waals surface area contributed by atoms with Gasteiger partial charge in [-0.3, -0.25) is 0 Å². The first kappa shape index (κ1) is 23.5. The van der Waals surface area contributed by atoms with Crippen LogP contribution < -0.4 is 30.4 Å². The number of ether oxygens (including phenoxy) is 1. The molecule has 6 aromatic carbocycles. The van der Waals surface area contributed by atoms with Gasteiger partial charge >= 0.3 is 0 Å². The molecular weight excluding hydrogens is 555 g/mol. The molecule has 1 spiro atoms. The maximum Gasteiger partial charge on any atom is 0.190 e. The minimum Gasteiger partial charge on any atom is -0.458 e. The summed E-state index contributed by atoms with van der Waals surface area (Å²) in [5, 5.41) is 5.50. The van der Waals surface area contributed by atoms with E-state index in [1.165, 1.54) is 51.7 Å². The molecule has 9 rings (SSSR count). The van der Waals surface area contributed by atoms with Crippen LogP contribution in [0.15, 0.2) is 159 Å². The highest BCUT2D eigenvalue weighted by molar-refractivity contribution is 8.00. The molecule has 5 heteroatoms. The third-order valence-corrected chi connectivity index (χ3v) is 15.9. The molecule has 0 radical (unpaired) electrons. The van der Waals surface area contributed by atoms with E-state index in [1.807, 2.05) is 23.5 Å². The Balaban J connectivity index is 1.38. The van der Waals surface area contributed by atoms with Gasteiger partial charge in [-0.05, 0) is 81.4 Å². The Hall–Kier alpha value is -4.16. The van der Waals surface area contributed by atoms with Crippen LogP contribution in [0.2, 0.25) is 0 Å². The predicted octanol–water partition coefficient (Wildman–Crippen LogP) is 7.57. The normalized spacial score (nSPS) is 15.0. The van der Waals surface area contributed by atoms with Crippen molar-refractivity contribution in [1.82, 2.24) is 0 Å². The van der Waals surface area contributed by atoms with Crippen molar-refractivity contribution >= 4 is 69.4 Å². The fourth-order valence-corrected chi connectivity index (χ4v) is 15.0. The second-order valence-electron chi connectivity index (χ2n) is 10.5. The third kappa shape index (κ3) is 3.28. The second-order valence-corrected chi connectivity index (χ2v) is 16.3. The Kier molecular flexibility index (Phi) is 5.12. The number of para-hydroxylation sites is 3. The summed E-state index contributed by atoms with van der Waals surface area (Å²) in [6, 6.07) is 51.1. The van der Waals surface area contributed by atoms with E-state index in [4.69, 9.17) is 4.74 Å². The zero-order chi connectivity index (χ0) is 27.0. The van der Waals surface area contributed by atoms with Gasteiger partial charge in [0.05, 0.1) is 11.4 Å². The molecule has 194 valence electrons. The van der Waals surface area contributed by atoms with E-state index in [0.717, 1.165) is 17.2 Å². The molecule has 2 nitrogen and oxygen atoms in total. The van der Waals surface area contributed by atoms with Crippen molar-refractivity contribution in [3.8, 4) is 11.5 Å². The zero-order valence-corrected chi connectivity index (χ0v) is 24.6. The summed E-state index contributed by atoms with van der Waals surface area (Å²) < 4.78 is 6.72. The van der Waals surface area contributed by atoms with Crippen LogP contribution in [0.3, 0.4) is 0 Å². The molecule has 0 saturated heterocycles. The van der Waals surface area contributed by atoms with Gasteiger partial charge < -0.3 is 9.64 Å². The lowest BCUT2D eigenvalue weighted by Crippen LogP contribution is -2.77. The minimum atomic E-state index is -2.71. The molecule has 0 atom stereocenters. The first-order valence-electron chi connectivity index (χ1n) is 13.8. The molecule has 0 bridgehead atoms. The van der Waals surface area contributed by atoms with Crippen LogP contribution in [0, 0.1) is 0 Å². The number of benzene rings is 6. The number of nitrogens with zero attached hydrogens (tertiary/aromatic N) is 1. The lowest BCUT2D eigenvalue weighted by molar-refractivity contribution is 0.487. The number of fused-ring (bicyclic) bond motifs is 10. The topological polar surface area (TPSA) is 12.5 Å². The smallest absolute Gasteiger partial charge is 0.190 e. The molecule has 0 amide bonds. The van der Waals surface area contributed by atoms with Gasteiger partial charge in [-0.25, -0.2) is 0 Å². The van der Waals surface area contributed by atoms with Gasteiger partial charge in [0, 0.05) is 25.3 Å². The maximum atomic E-state index is 6.72. The molecule has 41 heavy (non-hydrogen) atoms. The van der Waals surface area contributed by atoms with Crippen molar-refractivity contribution < 1.29 is 4.74 Å². The predicted molar refractivity (Wildman–Crippen MR) is 173 cm³/mol. The molecule has 6 aromatic rings. The van der Waals surface area contributed by atoms with Crippen molar-refractivity contribution in [3.63, 3.8) is 0 Å². The number of rotatable bonds is 1. The molecule has 0 unspecified atom stereocenters. The van der Waals surface area contributed by atoms with Crippen molar-refractivity contribution in [2.45, 2.75) is 19.6 Å². The van der Waals surface area contributed by atoms with E-state index in [9.17, 15) is 0 Å². The van der Waals surface area contributed by atoms with Crippen molar-refractivity contribution in [3.05, 3.63) is 140 Å². The van der Waals surface area contributed by atoms with E-state index in [2.05, 4.69) is 144 Å². The van der Waals surface area contributed by atoms with Crippen LogP contribution in [0.1, 0.15) is 0 Å². The zero-order valence-electron chi connectivity index (χ0n) is 22.0. The van der Waals surface area contributed by atoms with Crippen LogP contribution in [-0.2, 0) is 0 Å². The summed E-state index contributed by atoms with van der Waals surface area (Å²) in [5.41, 5.74) is 3.58. The van der Waals surface area contributed by atoms with Crippen LogP contribution in [0.5, 0.6) is 11.5 Å². The standard InChI is InChI=1S/C36H23NOS2Si/c1-4-14-29-25(11-1)37(26-12-2-5-15-30(26)39-29)24-21-22-28-36(23-24)41(33-18-8-3-13-27(33)38-28)34-19-9-6-16-31(34)40-32-17-7-10-20-35(32)41/h1-23H. The highest BCUT2D eigenvalue weighted by atomic mass is 32.2. The molecule has 0 fully saturated rings. The lowest BCUT2D eigenvalue weighted by atomic mass is 10.1. The van der Waals surface area contributed by atoms with E-state index in [-0.39, 0.29) is 0 Å². The van der Waals surface area contributed by atoms with Crippen LogP contribution in [0.4, 0.5) is 17.1 Å². The van der Waals surface area contributed by atoms with Crippen LogP contribution >= 0.6 is 23.5 Å². The number of anilines is 3. The number of hydrogen-bond acceptors (Lipinski definition) is 4. The largest absolute Gasteiger partial charge is 0.458 e. The molecular formula is C36H23NOS2Si. The van der Waals surface area contributed by atoms with Gasteiger partial charge in [0.1, 0.15) is 11.5 Å². The quantitative estimate of drug-likeness (QED) is 0.187. The van der Waals surface area contributed by atoms with E-state index < -0.39 is 8.07 Å². The summed E-state index contributed by atoms with van der Waals surface area (Å²) in [4.78, 5) is 7.65. The summed E-state index contributed by atoms with van der Waals surface area (Å²) in [5.74, 6) is 1.93. The van der Waals surface area contributed by atoms with Crippen molar-refractivity contribution in [1.29, 1.82) is 0 Å². The highest BCUT2D eigenvalue weighted by Gasteiger charge is 2.52. The Morgan fingerprint density at radius 1 is 0.439 bits per heavy atom. The summed E-state index contributed by atoms with van der Waals surface area (Å²) in [6.45, 7) is 0. The van der Waals surface area contributed by atoms with Crippen LogP contribution in [0.25, 0.3) is 0 Å². The Bertz CT molecular complexity index is 1870. The van der Waals surface area contributed by atoms with Gasteiger partial charge in [0.25, 0.3) is 0 Å². The maximum absolute atomic E-state index is 6.72. The molecule has 0 N–H and O–H groups in total. The molecule has 0 aromatic heterocycles. The van der Waals surface area contributed by atoms with E-state index in [1.54, 1.807) is 0 Å². The molecule has 3 aliphatic heterocycles. The SMILES string of the molecule is c1ccc2c(c1)Oc1ccc(N3c4ccccc4Sc4ccccc43)cc1[Si]21c2ccccc2Sc2ccccc21. The van der Waals surface area contributed by atoms with Gasteiger partial charge in [0.2, 0.25) is 0 Å². The monoisotopic (exact) mass is 577 g/mol. The third-order valence-electron chi connectivity index (χ3n) is 8.37. The van der Waals surface area contributed by atoms with Gasteiger partial charge in [-0.15, -0.1) is 0 Å². The van der Waals surface area contributed by atoms with Gasteiger partial charge in [-0.1, -0.05) is 102 Å². The molecule has 0 saturated carbocycles. The highest BCUT2D eigenvalue weighted by Crippen LogP contribution is 2.51. The second kappa shape index (κ2) is 8.92. The lowest BCUT2D eigenvalue weighted by Gasteiger charge is -2.44. The first-order chi connectivity index (χ1) is 20.3. The molecule has 3 heterocycles. The van der Waals surface area contributed by atoms with Gasteiger partial charge in [0.15, 0.2) is 8.07 Å². The van der Waals surface area contributed by atoms with Crippen molar-refractivity contribution in [2.75, 3.05) is 4.90 Å². The van der Waals surface area contributed by atoms with Crippen LogP contribution in [-0.4, -0.2) is 8.07 Å². The van der Waals surface area contributed by atoms with E-state index >= 15 is 0 Å². The van der Waals surface area contributed by atoms with Crippen molar-refractivity contribution in [2.24, 2.45) is 0 Å². The Labute approximate surface area is 248 Å². The average Bonchev–Trinajstić information content (AvgIpc) is 3.03. The summed E-state index contributed by atoms with van der Waals surface area (Å²) in [7, 11) is -2.71. The molecule has 3 aliphatic rings. The Morgan fingerprint density at radius 2 is 0.927 bits per heavy atom. The molecule has 0 aliphatic carbocycles. The summed E-state index contributed by atoms with van der Waals surface area (Å²) >= 11 is 3.74. The minimum absolute atomic E-state index is 0.962. The Morgan fingerprint density at radius 3 is 1.59 bits per heavy atom. The van der Waals surface area contributed by atoms with E-state index in [0.29, 0.717) is 0 Å². The average molecular weight is 578 g/mol.